The van der Waals surface area contributed by atoms with Crippen LogP contribution in [0.1, 0.15) is 39.0 Å². The van der Waals surface area contributed by atoms with Gasteiger partial charge in [0.15, 0.2) is 6.04 Å². The smallest absolute Gasteiger partial charge is 0.331 e. The third-order valence-electron chi connectivity index (χ3n) is 3.11. The van der Waals surface area contributed by atoms with Crippen molar-refractivity contribution in [2.24, 2.45) is 4.99 Å². The highest BCUT2D eigenvalue weighted by atomic mass is 17.2. The second-order valence-electron chi connectivity index (χ2n) is 5.70. The first-order valence-corrected chi connectivity index (χ1v) is 8.80. The van der Waals surface area contributed by atoms with Gasteiger partial charge in [-0.2, -0.15) is 10.3 Å². The quantitative estimate of drug-likeness (QED) is 0.0525. The van der Waals surface area contributed by atoms with Gasteiger partial charge in [-0.15, -0.1) is 0 Å². The average molecular weight is 398 g/mol. The zero-order chi connectivity index (χ0) is 21.0. The molecule has 0 aliphatic carbocycles. The van der Waals surface area contributed by atoms with E-state index in [1.54, 1.807) is 13.2 Å². The summed E-state index contributed by atoms with van der Waals surface area (Å²) < 4.78 is 14.4. The topological polar surface area (TPSA) is 134 Å². The molecular formula is C18H26N2O8. The molecule has 0 aromatic heterocycles. The van der Waals surface area contributed by atoms with Crippen molar-refractivity contribution in [3.8, 4) is 6.26 Å². The molecular weight excluding hydrogens is 372 g/mol. The number of nitriles is 1. The SMILES string of the molecule is C=C(C)COOCCOC(=O)CCCOC(=O)C(CCCCOC#N)N=C=O. The van der Waals surface area contributed by atoms with Gasteiger partial charge in [0.25, 0.3) is 6.26 Å². The number of ether oxygens (including phenoxy) is 3. The van der Waals surface area contributed by atoms with Crippen LogP contribution >= 0.6 is 0 Å². The van der Waals surface area contributed by atoms with Gasteiger partial charge < -0.3 is 14.2 Å². The van der Waals surface area contributed by atoms with Gasteiger partial charge >= 0.3 is 11.9 Å². The number of rotatable bonds is 17. The molecule has 0 aromatic rings. The zero-order valence-corrected chi connectivity index (χ0v) is 16.0. The molecule has 0 aliphatic heterocycles. The maximum absolute atomic E-state index is 11.9. The van der Waals surface area contributed by atoms with E-state index >= 15 is 0 Å². The molecule has 0 heterocycles. The Balaban J connectivity index is 3.83. The predicted octanol–water partition coefficient (Wildman–Crippen LogP) is 1.75. The first-order chi connectivity index (χ1) is 13.5. The lowest BCUT2D eigenvalue weighted by molar-refractivity contribution is -0.291. The van der Waals surface area contributed by atoms with Crippen LogP contribution in [0.3, 0.4) is 0 Å². The minimum atomic E-state index is -0.956. The third-order valence-corrected chi connectivity index (χ3v) is 3.11. The number of nitrogens with zero attached hydrogens (tertiary/aromatic N) is 2. The average Bonchev–Trinajstić information content (AvgIpc) is 2.66. The first-order valence-electron chi connectivity index (χ1n) is 8.80. The third kappa shape index (κ3) is 15.5. The maximum atomic E-state index is 11.9. The number of esters is 2. The van der Waals surface area contributed by atoms with Crippen molar-refractivity contribution in [1.82, 2.24) is 0 Å². The van der Waals surface area contributed by atoms with Gasteiger partial charge in [-0.3, -0.25) is 4.79 Å². The lowest BCUT2D eigenvalue weighted by atomic mass is 10.1. The number of hydrogen-bond donors (Lipinski definition) is 0. The summed E-state index contributed by atoms with van der Waals surface area (Å²) in [5.41, 5.74) is 0.806. The zero-order valence-electron chi connectivity index (χ0n) is 16.0. The molecule has 0 amide bonds. The van der Waals surface area contributed by atoms with Crippen molar-refractivity contribution >= 4 is 18.0 Å². The van der Waals surface area contributed by atoms with E-state index in [-0.39, 0.29) is 52.3 Å². The standard InChI is InChI=1S/C18H26N2O8/c1-15(2)12-28-27-11-10-25-17(22)7-5-9-26-18(23)16(20-14-21)6-3-4-8-24-13-19/h16H,1,3-12H2,2H3. The number of isocyanates is 1. The van der Waals surface area contributed by atoms with E-state index in [0.29, 0.717) is 12.8 Å². The molecule has 0 saturated carbocycles. The maximum Gasteiger partial charge on any atom is 0.331 e. The summed E-state index contributed by atoms with van der Waals surface area (Å²) in [6.45, 7) is 6.05. The molecule has 1 unspecified atom stereocenters. The number of unbranched alkanes of at least 4 members (excludes halogenated alkanes) is 1. The van der Waals surface area contributed by atoms with Crippen molar-refractivity contribution in [2.75, 3.05) is 33.0 Å². The van der Waals surface area contributed by atoms with E-state index in [0.717, 1.165) is 5.57 Å². The van der Waals surface area contributed by atoms with Crippen molar-refractivity contribution in [2.45, 2.75) is 45.1 Å². The number of carbonyl (C=O) groups excluding carboxylic acids is 3. The summed E-state index contributed by atoms with van der Waals surface area (Å²) in [5.74, 6) is -1.12. The van der Waals surface area contributed by atoms with E-state index in [4.69, 9.17) is 24.5 Å². The van der Waals surface area contributed by atoms with Gasteiger partial charge in [0.1, 0.15) is 26.4 Å². The highest BCUT2D eigenvalue weighted by Crippen LogP contribution is 2.08. The van der Waals surface area contributed by atoms with Crippen LogP contribution in [0.15, 0.2) is 17.1 Å². The molecule has 0 aliphatic rings. The normalized spacial score (nSPS) is 10.9. The van der Waals surface area contributed by atoms with Crippen molar-refractivity contribution in [1.29, 1.82) is 5.26 Å². The van der Waals surface area contributed by atoms with E-state index in [2.05, 4.69) is 16.3 Å². The highest BCUT2D eigenvalue weighted by molar-refractivity contribution is 5.77. The summed E-state index contributed by atoms with van der Waals surface area (Å²) >= 11 is 0. The van der Waals surface area contributed by atoms with Crippen molar-refractivity contribution in [3.63, 3.8) is 0 Å². The largest absolute Gasteiger partial charge is 0.464 e. The Morgan fingerprint density at radius 1 is 1.07 bits per heavy atom. The number of aliphatic imine (C=N–C) groups is 1. The molecule has 156 valence electrons. The molecule has 0 N–H and O–H groups in total. The molecule has 0 fully saturated rings. The summed E-state index contributed by atoms with van der Waals surface area (Å²) in [5, 5.41) is 8.24. The van der Waals surface area contributed by atoms with Crippen LogP contribution in [-0.2, 0) is 38.4 Å². The van der Waals surface area contributed by atoms with Gasteiger partial charge in [-0.1, -0.05) is 12.2 Å². The fourth-order valence-corrected chi connectivity index (χ4v) is 1.80. The Hall–Kier alpha value is -2.73. The fraction of sp³-hybridized carbons (Fsp3) is 0.667. The minimum Gasteiger partial charge on any atom is -0.464 e. The summed E-state index contributed by atoms with van der Waals surface area (Å²) in [7, 11) is 0. The van der Waals surface area contributed by atoms with E-state index in [9.17, 15) is 14.4 Å². The van der Waals surface area contributed by atoms with Gasteiger partial charge in [0.05, 0.1) is 6.61 Å². The summed E-state index contributed by atoms with van der Waals surface area (Å²) in [6, 6.07) is -0.956. The van der Waals surface area contributed by atoms with Crippen molar-refractivity contribution < 1.29 is 38.4 Å². The number of carbonyl (C=O) groups is 2. The molecule has 0 bridgehead atoms. The van der Waals surface area contributed by atoms with Crippen LogP contribution in [0.5, 0.6) is 0 Å². The van der Waals surface area contributed by atoms with Gasteiger partial charge in [-0.05, 0) is 32.6 Å². The van der Waals surface area contributed by atoms with Crippen LogP contribution in [0.25, 0.3) is 0 Å². The van der Waals surface area contributed by atoms with Crippen LogP contribution in [0.4, 0.5) is 0 Å². The Morgan fingerprint density at radius 3 is 2.54 bits per heavy atom. The van der Waals surface area contributed by atoms with Gasteiger partial charge in [-0.25, -0.2) is 19.4 Å². The Morgan fingerprint density at radius 2 is 1.86 bits per heavy atom. The van der Waals surface area contributed by atoms with Crippen LogP contribution < -0.4 is 0 Å². The molecule has 28 heavy (non-hydrogen) atoms. The fourth-order valence-electron chi connectivity index (χ4n) is 1.80. The van der Waals surface area contributed by atoms with Crippen LogP contribution in [0, 0.1) is 11.5 Å². The van der Waals surface area contributed by atoms with E-state index < -0.39 is 18.0 Å². The molecule has 0 spiro atoms. The lowest BCUT2D eigenvalue weighted by Gasteiger charge is -2.10. The lowest BCUT2D eigenvalue weighted by Crippen LogP contribution is -2.22. The Labute approximate surface area is 164 Å². The molecule has 10 heteroatoms. The van der Waals surface area contributed by atoms with Crippen LogP contribution in [0.2, 0.25) is 0 Å². The molecule has 0 rings (SSSR count). The highest BCUT2D eigenvalue weighted by Gasteiger charge is 2.19. The summed E-state index contributed by atoms with van der Waals surface area (Å²) in [6.07, 6.45) is 4.56. The molecule has 10 nitrogen and oxygen atoms in total. The summed E-state index contributed by atoms with van der Waals surface area (Å²) in [4.78, 5) is 46.8. The second kappa shape index (κ2) is 17.7. The van der Waals surface area contributed by atoms with E-state index in [1.165, 1.54) is 6.08 Å². The van der Waals surface area contributed by atoms with Gasteiger partial charge in [0.2, 0.25) is 6.08 Å². The Bertz CT molecular complexity index is 566. The minimum absolute atomic E-state index is 0.00538. The predicted molar refractivity (Wildman–Crippen MR) is 95.2 cm³/mol. The molecule has 1 atom stereocenters. The van der Waals surface area contributed by atoms with Gasteiger partial charge in [0, 0.05) is 6.42 Å². The van der Waals surface area contributed by atoms with E-state index in [1.807, 2.05) is 0 Å². The number of hydrogen-bond acceptors (Lipinski definition) is 10. The second-order valence-corrected chi connectivity index (χ2v) is 5.70. The molecule has 0 saturated heterocycles. The molecule has 0 aromatic carbocycles. The van der Waals surface area contributed by atoms with Crippen LogP contribution in [-0.4, -0.2) is 57.1 Å². The van der Waals surface area contributed by atoms with Crippen molar-refractivity contribution in [3.05, 3.63) is 12.2 Å². The monoisotopic (exact) mass is 398 g/mol. The first kappa shape index (κ1) is 25.3. The Kier molecular flexibility index (Phi) is 15.9. The molecule has 0 radical (unpaired) electrons.